The van der Waals surface area contributed by atoms with E-state index in [0.29, 0.717) is 6.04 Å². The quantitative estimate of drug-likeness (QED) is 0.834. The molecule has 0 saturated carbocycles. The summed E-state index contributed by atoms with van der Waals surface area (Å²) in [5.74, 6) is 0.921. The lowest BCUT2D eigenvalue weighted by Gasteiger charge is -2.33. The number of nitrogens with one attached hydrogen (secondary N) is 1. The van der Waals surface area contributed by atoms with Crippen molar-refractivity contribution >= 4 is 15.9 Å². The first-order chi connectivity index (χ1) is 11.3. The summed E-state index contributed by atoms with van der Waals surface area (Å²) < 4.78 is 6.90. The predicted molar refractivity (Wildman–Crippen MR) is 97.8 cm³/mol. The zero-order chi connectivity index (χ0) is 15.9. The molecule has 1 fully saturated rings. The molecule has 0 aliphatic carbocycles. The zero-order valence-electron chi connectivity index (χ0n) is 13.2. The maximum absolute atomic E-state index is 5.89. The van der Waals surface area contributed by atoms with Crippen LogP contribution in [0.1, 0.15) is 12.0 Å². The van der Waals surface area contributed by atoms with Crippen LogP contribution in [-0.2, 0) is 6.54 Å². The molecule has 1 aliphatic rings. The second-order valence-electron chi connectivity index (χ2n) is 5.94. The molecule has 1 atom stereocenters. The van der Waals surface area contributed by atoms with E-state index in [1.165, 1.54) is 5.56 Å². The Kier molecular flexibility index (Phi) is 6.08. The summed E-state index contributed by atoms with van der Waals surface area (Å²) in [6.07, 6.45) is 1.02. The highest BCUT2D eigenvalue weighted by molar-refractivity contribution is 9.10. The fourth-order valence-corrected chi connectivity index (χ4v) is 3.35. The summed E-state index contributed by atoms with van der Waals surface area (Å²) in [5, 5.41) is 3.60. The van der Waals surface area contributed by atoms with E-state index in [-0.39, 0.29) is 0 Å². The van der Waals surface area contributed by atoms with Crippen LogP contribution >= 0.6 is 15.9 Å². The number of piperazine rings is 1. The molecule has 3 rings (SSSR count). The van der Waals surface area contributed by atoms with Gasteiger partial charge in [-0.25, -0.2) is 0 Å². The number of rotatable bonds is 6. The Labute approximate surface area is 146 Å². The van der Waals surface area contributed by atoms with Crippen LogP contribution < -0.4 is 10.1 Å². The van der Waals surface area contributed by atoms with Gasteiger partial charge in [0.2, 0.25) is 0 Å². The maximum atomic E-state index is 5.89. The highest BCUT2D eigenvalue weighted by atomic mass is 79.9. The van der Waals surface area contributed by atoms with E-state index in [2.05, 4.69) is 56.5 Å². The van der Waals surface area contributed by atoms with Crippen LogP contribution in [0, 0.1) is 0 Å². The van der Waals surface area contributed by atoms with Crippen molar-refractivity contribution in [3.63, 3.8) is 0 Å². The Morgan fingerprint density at radius 1 is 1.09 bits per heavy atom. The molecular formula is C19H23BrN2O. The Balaban J connectivity index is 1.44. The van der Waals surface area contributed by atoms with Crippen LogP contribution in [0.3, 0.4) is 0 Å². The van der Waals surface area contributed by atoms with E-state index in [0.717, 1.165) is 49.4 Å². The van der Waals surface area contributed by atoms with Crippen molar-refractivity contribution in [2.75, 3.05) is 26.2 Å². The average Bonchev–Trinajstić information content (AvgIpc) is 2.58. The molecule has 122 valence electrons. The zero-order valence-corrected chi connectivity index (χ0v) is 14.8. The lowest BCUT2D eigenvalue weighted by molar-refractivity contribution is 0.172. The van der Waals surface area contributed by atoms with Gasteiger partial charge in [-0.15, -0.1) is 0 Å². The first kappa shape index (κ1) is 16.5. The van der Waals surface area contributed by atoms with Gasteiger partial charge in [0, 0.05) is 32.2 Å². The number of para-hydroxylation sites is 1. The molecule has 0 radical (unpaired) electrons. The van der Waals surface area contributed by atoms with Gasteiger partial charge in [-0.1, -0.05) is 42.5 Å². The van der Waals surface area contributed by atoms with Gasteiger partial charge in [0.25, 0.3) is 0 Å². The van der Waals surface area contributed by atoms with Crippen molar-refractivity contribution in [3.05, 3.63) is 64.6 Å². The summed E-state index contributed by atoms with van der Waals surface area (Å²) in [5.41, 5.74) is 1.39. The number of halogens is 1. The highest BCUT2D eigenvalue weighted by Crippen LogP contribution is 2.24. The van der Waals surface area contributed by atoms with Gasteiger partial charge in [0.15, 0.2) is 0 Å². The van der Waals surface area contributed by atoms with Gasteiger partial charge in [-0.3, -0.25) is 4.90 Å². The molecule has 23 heavy (non-hydrogen) atoms. The second-order valence-corrected chi connectivity index (χ2v) is 6.79. The molecule has 1 N–H and O–H groups in total. The van der Waals surface area contributed by atoms with Crippen molar-refractivity contribution in [1.29, 1.82) is 0 Å². The molecule has 0 unspecified atom stereocenters. The molecule has 0 aromatic heterocycles. The number of nitrogens with zero attached hydrogens (tertiary/aromatic N) is 1. The Morgan fingerprint density at radius 2 is 1.87 bits per heavy atom. The van der Waals surface area contributed by atoms with E-state index in [1.54, 1.807) is 0 Å². The van der Waals surface area contributed by atoms with Gasteiger partial charge < -0.3 is 10.1 Å². The van der Waals surface area contributed by atoms with Crippen LogP contribution in [0.5, 0.6) is 5.75 Å². The molecule has 3 nitrogen and oxygen atoms in total. The van der Waals surface area contributed by atoms with Crippen LogP contribution in [0.25, 0.3) is 0 Å². The van der Waals surface area contributed by atoms with Crippen LogP contribution in [0.4, 0.5) is 0 Å². The smallest absolute Gasteiger partial charge is 0.133 e. The van der Waals surface area contributed by atoms with Crippen LogP contribution in [-0.4, -0.2) is 37.2 Å². The van der Waals surface area contributed by atoms with E-state index < -0.39 is 0 Å². The number of benzene rings is 2. The minimum atomic E-state index is 0.495. The molecule has 1 aliphatic heterocycles. The molecule has 0 amide bonds. The number of hydrogen-bond acceptors (Lipinski definition) is 3. The third kappa shape index (κ3) is 5.06. The molecule has 2 aromatic rings. The summed E-state index contributed by atoms with van der Waals surface area (Å²) >= 11 is 3.52. The van der Waals surface area contributed by atoms with E-state index in [4.69, 9.17) is 4.74 Å². The van der Waals surface area contributed by atoms with E-state index in [9.17, 15) is 0 Å². The molecule has 2 aromatic carbocycles. The molecule has 1 saturated heterocycles. The number of ether oxygens (including phenoxy) is 1. The molecular weight excluding hydrogens is 352 g/mol. The molecule has 0 spiro atoms. The Morgan fingerprint density at radius 3 is 2.70 bits per heavy atom. The van der Waals surface area contributed by atoms with Crippen molar-refractivity contribution in [2.24, 2.45) is 0 Å². The van der Waals surface area contributed by atoms with Crippen molar-refractivity contribution in [1.82, 2.24) is 10.2 Å². The topological polar surface area (TPSA) is 24.5 Å². The van der Waals surface area contributed by atoms with Gasteiger partial charge in [-0.2, -0.15) is 0 Å². The maximum Gasteiger partial charge on any atom is 0.133 e. The average molecular weight is 375 g/mol. The summed E-state index contributed by atoms with van der Waals surface area (Å²) in [4.78, 5) is 2.52. The molecule has 4 heteroatoms. The lowest BCUT2D eigenvalue weighted by Crippen LogP contribution is -2.50. The molecule has 1 heterocycles. The standard InChI is InChI=1S/C19H23BrN2O/c20-18-8-4-5-9-19(18)23-13-10-17-15-22(12-11-21-17)14-16-6-2-1-3-7-16/h1-9,17,21H,10-15H2/t17-/m1/s1. The monoisotopic (exact) mass is 374 g/mol. The van der Waals surface area contributed by atoms with Gasteiger partial charge in [-0.05, 0) is 40.0 Å². The van der Waals surface area contributed by atoms with Gasteiger partial charge >= 0.3 is 0 Å². The van der Waals surface area contributed by atoms with Crippen molar-refractivity contribution in [3.8, 4) is 5.75 Å². The SMILES string of the molecule is Brc1ccccc1OCC[C@@H]1CN(Cc2ccccc2)CCN1. The second kappa shape index (κ2) is 8.48. The Hall–Kier alpha value is -1.36. The third-order valence-corrected chi connectivity index (χ3v) is 4.80. The van der Waals surface area contributed by atoms with Gasteiger partial charge in [0.05, 0.1) is 11.1 Å². The van der Waals surface area contributed by atoms with E-state index in [1.807, 2.05) is 24.3 Å². The first-order valence-corrected chi connectivity index (χ1v) is 8.97. The normalized spacial score (nSPS) is 18.7. The third-order valence-electron chi connectivity index (χ3n) is 4.15. The van der Waals surface area contributed by atoms with Crippen molar-refractivity contribution < 1.29 is 4.74 Å². The van der Waals surface area contributed by atoms with Crippen LogP contribution in [0.2, 0.25) is 0 Å². The fraction of sp³-hybridized carbons (Fsp3) is 0.368. The summed E-state index contributed by atoms with van der Waals surface area (Å²) in [6.45, 7) is 5.00. The first-order valence-electron chi connectivity index (χ1n) is 8.18. The summed E-state index contributed by atoms with van der Waals surface area (Å²) in [6, 6.07) is 19.2. The number of hydrogen-bond donors (Lipinski definition) is 1. The predicted octanol–water partition coefficient (Wildman–Crippen LogP) is 3.69. The van der Waals surface area contributed by atoms with Crippen molar-refractivity contribution in [2.45, 2.75) is 19.0 Å². The van der Waals surface area contributed by atoms with Gasteiger partial charge in [0.1, 0.15) is 5.75 Å². The lowest BCUT2D eigenvalue weighted by atomic mass is 10.1. The highest BCUT2D eigenvalue weighted by Gasteiger charge is 2.19. The minimum Gasteiger partial charge on any atom is -0.492 e. The summed E-state index contributed by atoms with van der Waals surface area (Å²) in [7, 11) is 0. The fourth-order valence-electron chi connectivity index (χ4n) is 2.95. The minimum absolute atomic E-state index is 0.495. The van der Waals surface area contributed by atoms with Crippen LogP contribution in [0.15, 0.2) is 59.1 Å². The molecule has 0 bridgehead atoms. The van der Waals surface area contributed by atoms with E-state index >= 15 is 0 Å². The Bertz CT molecular complexity index is 605. The largest absolute Gasteiger partial charge is 0.492 e.